The van der Waals surface area contributed by atoms with Gasteiger partial charge in [-0.3, -0.25) is 4.99 Å². The Morgan fingerprint density at radius 1 is 1.19 bits per heavy atom. The first-order valence-electron chi connectivity index (χ1n) is 9.14. The fourth-order valence-corrected chi connectivity index (χ4v) is 2.88. The van der Waals surface area contributed by atoms with Crippen molar-refractivity contribution in [2.45, 2.75) is 52.6 Å². The number of aliphatic imine (C=N–C) groups is 1. The lowest BCUT2D eigenvalue weighted by atomic mass is 9.99. The number of benzene rings is 1. The van der Waals surface area contributed by atoms with Crippen LogP contribution >= 0.6 is 24.0 Å². The Kier molecular flexibility index (Phi) is 10.2. The first-order valence-corrected chi connectivity index (χ1v) is 9.14. The molecular formula is C20H31IN4O2. The van der Waals surface area contributed by atoms with E-state index in [0.717, 1.165) is 35.6 Å². The number of hydrogen-bond acceptors (Lipinski definition) is 4. The fourth-order valence-electron chi connectivity index (χ4n) is 2.88. The van der Waals surface area contributed by atoms with Crippen molar-refractivity contribution in [1.29, 1.82) is 0 Å². The molecule has 150 valence electrons. The van der Waals surface area contributed by atoms with Gasteiger partial charge < -0.3 is 19.9 Å². The van der Waals surface area contributed by atoms with Gasteiger partial charge >= 0.3 is 0 Å². The predicted octanol–water partition coefficient (Wildman–Crippen LogP) is 4.38. The summed E-state index contributed by atoms with van der Waals surface area (Å²) < 4.78 is 10.9. The first-order chi connectivity index (χ1) is 12.6. The third-order valence-electron chi connectivity index (χ3n) is 4.52. The van der Waals surface area contributed by atoms with E-state index >= 15 is 0 Å². The Morgan fingerprint density at radius 3 is 2.52 bits per heavy atom. The number of rotatable bonds is 8. The minimum absolute atomic E-state index is 0. The Bertz CT molecular complexity index is 727. The third-order valence-corrected chi connectivity index (χ3v) is 4.52. The van der Waals surface area contributed by atoms with Crippen LogP contribution in [0, 0.1) is 6.92 Å². The van der Waals surface area contributed by atoms with E-state index in [2.05, 4.69) is 46.8 Å². The summed E-state index contributed by atoms with van der Waals surface area (Å²) >= 11 is 0. The van der Waals surface area contributed by atoms with E-state index in [0.29, 0.717) is 25.0 Å². The summed E-state index contributed by atoms with van der Waals surface area (Å²) in [6.45, 7) is 7.56. The smallest absolute Gasteiger partial charge is 0.191 e. The Morgan fingerprint density at radius 2 is 1.89 bits per heavy atom. The topological polar surface area (TPSA) is 71.7 Å². The Labute approximate surface area is 179 Å². The van der Waals surface area contributed by atoms with Crippen molar-refractivity contribution >= 4 is 29.9 Å². The average Bonchev–Trinajstić information content (AvgIpc) is 3.12. The molecule has 2 rings (SSSR count). The molecule has 0 unspecified atom stereocenters. The van der Waals surface area contributed by atoms with Gasteiger partial charge in [0, 0.05) is 31.1 Å². The maximum atomic E-state index is 5.44. The van der Waals surface area contributed by atoms with Gasteiger partial charge in [0.2, 0.25) is 0 Å². The minimum Gasteiger partial charge on any atom is -0.496 e. The predicted molar refractivity (Wildman–Crippen MR) is 120 cm³/mol. The quantitative estimate of drug-likeness (QED) is 0.329. The largest absolute Gasteiger partial charge is 0.496 e. The molecule has 27 heavy (non-hydrogen) atoms. The minimum atomic E-state index is 0. The molecule has 0 bridgehead atoms. The number of nitrogens with one attached hydrogen (secondary N) is 2. The van der Waals surface area contributed by atoms with E-state index in [1.165, 1.54) is 5.56 Å². The SMILES string of the molecule is CCC(CC)c1cc(CNC(=NC)NCc2ccc(C)cc2OC)on1.I. The molecule has 1 heterocycles. The Balaban J connectivity index is 0.00000364. The highest BCUT2D eigenvalue weighted by molar-refractivity contribution is 14.0. The molecule has 0 fully saturated rings. The van der Waals surface area contributed by atoms with Gasteiger partial charge in [0.05, 0.1) is 19.3 Å². The van der Waals surface area contributed by atoms with Crippen LogP contribution in [0.5, 0.6) is 5.75 Å². The van der Waals surface area contributed by atoms with Crippen molar-refractivity contribution in [1.82, 2.24) is 15.8 Å². The molecule has 0 radical (unpaired) electrons. The fraction of sp³-hybridized carbons (Fsp3) is 0.500. The zero-order chi connectivity index (χ0) is 18.9. The maximum absolute atomic E-state index is 5.44. The van der Waals surface area contributed by atoms with Crippen molar-refractivity contribution in [3.05, 3.63) is 46.8 Å². The van der Waals surface area contributed by atoms with Crippen LogP contribution in [0.15, 0.2) is 33.8 Å². The van der Waals surface area contributed by atoms with Crippen LogP contribution in [0.2, 0.25) is 0 Å². The monoisotopic (exact) mass is 486 g/mol. The molecule has 1 aromatic carbocycles. The number of hydrogen-bond donors (Lipinski definition) is 2. The van der Waals surface area contributed by atoms with Crippen molar-refractivity contribution in [3.63, 3.8) is 0 Å². The lowest BCUT2D eigenvalue weighted by Gasteiger charge is -2.13. The average molecular weight is 486 g/mol. The van der Waals surface area contributed by atoms with Gasteiger partial charge in [-0.15, -0.1) is 24.0 Å². The summed E-state index contributed by atoms with van der Waals surface area (Å²) in [7, 11) is 3.43. The third kappa shape index (κ3) is 6.71. The van der Waals surface area contributed by atoms with Gasteiger partial charge in [0.15, 0.2) is 11.7 Å². The van der Waals surface area contributed by atoms with Crippen LogP contribution in [0.3, 0.4) is 0 Å². The molecule has 6 nitrogen and oxygen atoms in total. The number of halogens is 1. The van der Waals surface area contributed by atoms with E-state index in [1.54, 1.807) is 14.2 Å². The summed E-state index contributed by atoms with van der Waals surface area (Å²) in [6.07, 6.45) is 2.13. The summed E-state index contributed by atoms with van der Waals surface area (Å²) in [5.41, 5.74) is 3.28. The zero-order valence-corrected chi connectivity index (χ0v) is 19.2. The van der Waals surface area contributed by atoms with Crippen LogP contribution in [0.1, 0.15) is 55.2 Å². The summed E-state index contributed by atoms with van der Waals surface area (Å²) in [5.74, 6) is 2.84. The number of methoxy groups -OCH3 is 1. The highest BCUT2D eigenvalue weighted by atomic mass is 127. The van der Waals surface area contributed by atoms with Gasteiger partial charge in [0.25, 0.3) is 0 Å². The Hall–Kier alpha value is -1.77. The standard InChI is InChI=1S/C20H30N4O2.HI/c1-6-15(7-2)18-11-17(26-24-18)13-23-20(21-4)22-12-16-9-8-14(3)10-19(16)25-5;/h8-11,15H,6-7,12-13H2,1-5H3,(H2,21,22,23);1H. The van der Waals surface area contributed by atoms with Gasteiger partial charge in [-0.1, -0.05) is 31.1 Å². The molecule has 1 aromatic heterocycles. The highest BCUT2D eigenvalue weighted by Gasteiger charge is 2.13. The molecule has 7 heteroatoms. The van der Waals surface area contributed by atoms with Gasteiger partial charge in [-0.2, -0.15) is 0 Å². The van der Waals surface area contributed by atoms with Crippen molar-refractivity contribution < 1.29 is 9.26 Å². The van der Waals surface area contributed by atoms with E-state index in [1.807, 2.05) is 19.1 Å². The lowest BCUT2D eigenvalue weighted by molar-refractivity contribution is 0.368. The number of aromatic nitrogens is 1. The number of ether oxygens (including phenoxy) is 1. The van der Waals surface area contributed by atoms with E-state index in [9.17, 15) is 0 Å². The molecule has 0 saturated heterocycles. The molecule has 0 atom stereocenters. The molecule has 0 aliphatic carbocycles. The first kappa shape index (κ1) is 23.3. The highest BCUT2D eigenvalue weighted by Crippen LogP contribution is 2.22. The van der Waals surface area contributed by atoms with Crippen LogP contribution < -0.4 is 15.4 Å². The summed E-state index contributed by atoms with van der Waals surface area (Å²) in [5, 5.41) is 10.8. The molecule has 0 aliphatic rings. The normalized spacial score (nSPS) is 11.3. The molecule has 0 saturated carbocycles. The zero-order valence-electron chi connectivity index (χ0n) is 16.8. The lowest BCUT2D eigenvalue weighted by Crippen LogP contribution is -2.36. The molecule has 2 aromatic rings. The van der Waals surface area contributed by atoms with E-state index in [-0.39, 0.29) is 24.0 Å². The number of aryl methyl sites for hydroxylation is 1. The summed E-state index contributed by atoms with van der Waals surface area (Å²) in [4.78, 5) is 4.26. The van der Waals surface area contributed by atoms with Crippen LogP contribution in [-0.4, -0.2) is 25.3 Å². The number of guanidine groups is 1. The van der Waals surface area contributed by atoms with Crippen LogP contribution in [-0.2, 0) is 13.1 Å². The second kappa shape index (κ2) is 11.8. The van der Waals surface area contributed by atoms with Crippen molar-refractivity contribution in [2.75, 3.05) is 14.2 Å². The van der Waals surface area contributed by atoms with Crippen LogP contribution in [0.25, 0.3) is 0 Å². The summed E-state index contributed by atoms with van der Waals surface area (Å²) in [6, 6.07) is 8.19. The molecule has 0 spiro atoms. The van der Waals surface area contributed by atoms with E-state index < -0.39 is 0 Å². The van der Waals surface area contributed by atoms with Gasteiger partial charge in [-0.25, -0.2) is 0 Å². The second-order valence-corrected chi connectivity index (χ2v) is 6.33. The molecule has 0 aliphatic heterocycles. The van der Waals surface area contributed by atoms with Gasteiger partial charge in [-0.05, 0) is 31.4 Å². The van der Waals surface area contributed by atoms with Gasteiger partial charge in [0.1, 0.15) is 5.75 Å². The van der Waals surface area contributed by atoms with Crippen molar-refractivity contribution in [3.8, 4) is 5.75 Å². The second-order valence-electron chi connectivity index (χ2n) is 6.33. The van der Waals surface area contributed by atoms with Crippen molar-refractivity contribution in [2.24, 2.45) is 4.99 Å². The van der Waals surface area contributed by atoms with Crippen LogP contribution in [0.4, 0.5) is 0 Å². The number of nitrogens with zero attached hydrogens (tertiary/aromatic N) is 2. The maximum Gasteiger partial charge on any atom is 0.191 e. The molecular weight excluding hydrogens is 455 g/mol. The molecule has 0 amide bonds. The van der Waals surface area contributed by atoms with E-state index in [4.69, 9.17) is 9.26 Å². The molecule has 2 N–H and O–H groups in total.